The molecule has 0 saturated heterocycles. The van der Waals surface area contributed by atoms with E-state index in [1.807, 2.05) is 24.3 Å². The summed E-state index contributed by atoms with van der Waals surface area (Å²) in [6.45, 7) is 0. The fraction of sp³-hybridized carbons (Fsp3) is 0.188. The summed E-state index contributed by atoms with van der Waals surface area (Å²) in [4.78, 5) is 12.1. The monoisotopic (exact) mass is 308 g/mol. The Balaban J connectivity index is 2.00. The van der Waals surface area contributed by atoms with Crippen molar-refractivity contribution in [3.8, 4) is 5.75 Å². The van der Waals surface area contributed by atoms with Gasteiger partial charge in [-0.2, -0.15) is 0 Å². The number of ketones is 1. The van der Waals surface area contributed by atoms with Crippen molar-refractivity contribution >= 4 is 29.0 Å². The first kappa shape index (κ1) is 14.9. The van der Waals surface area contributed by atoms with Gasteiger partial charge in [-0.25, -0.2) is 0 Å². The van der Waals surface area contributed by atoms with E-state index in [0.717, 1.165) is 11.3 Å². The third-order valence-corrected chi connectivity index (χ3v) is 3.58. The fourth-order valence-electron chi connectivity index (χ4n) is 1.90. The van der Waals surface area contributed by atoms with Crippen molar-refractivity contribution in [1.82, 2.24) is 0 Å². The summed E-state index contributed by atoms with van der Waals surface area (Å²) in [5.74, 6) is 0.823. The van der Waals surface area contributed by atoms with Crippen molar-refractivity contribution < 1.29 is 9.53 Å². The average Bonchev–Trinajstić information content (AvgIpc) is 2.45. The minimum Gasteiger partial charge on any atom is -0.497 e. The maximum Gasteiger partial charge on any atom is 0.164 e. The van der Waals surface area contributed by atoms with Crippen molar-refractivity contribution in [2.45, 2.75) is 12.8 Å². The highest BCUT2D eigenvalue weighted by atomic mass is 35.5. The predicted molar refractivity (Wildman–Crippen MR) is 82.1 cm³/mol. The number of rotatable bonds is 5. The van der Waals surface area contributed by atoms with Crippen LogP contribution in [0, 0.1) is 0 Å². The third-order valence-electron chi connectivity index (χ3n) is 3.03. The number of ether oxygens (including phenoxy) is 1. The van der Waals surface area contributed by atoms with Gasteiger partial charge in [-0.3, -0.25) is 4.79 Å². The molecule has 0 aliphatic rings. The number of carbonyl (C=O) groups excluding carboxylic acids is 1. The molecule has 2 rings (SSSR count). The van der Waals surface area contributed by atoms with E-state index in [2.05, 4.69) is 0 Å². The normalized spacial score (nSPS) is 10.3. The lowest BCUT2D eigenvalue weighted by atomic mass is 10.0. The molecule has 104 valence electrons. The SMILES string of the molecule is COc1ccc(CCC(=O)c2ccc(Cl)cc2Cl)cc1. The lowest BCUT2D eigenvalue weighted by Crippen LogP contribution is -2.02. The number of Topliss-reactive ketones (excluding diaryl/α,β-unsaturated/α-hetero) is 1. The van der Waals surface area contributed by atoms with E-state index in [4.69, 9.17) is 27.9 Å². The lowest BCUT2D eigenvalue weighted by Gasteiger charge is -2.05. The number of halogens is 2. The van der Waals surface area contributed by atoms with Crippen LogP contribution in [0.15, 0.2) is 42.5 Å². The first-order valence-corrected chi connectivity index (χ1v) is 6.97. The van der Waals surface area contributed by atoms with Crippen LogP contribution in [0.25, 0.3) is 0 Å². The van der Waals surface area contributed by atoms with Gasteiger partial charge in [-0.1, -0.05) is 35.3 Å². The molecule has 0 aromatic heterocycles. The van der Waals surface area contributed by atoms with Crippen LogP contribution in [0.1, 0.15) is 22.3 Å². The Labute approximate surface area is 128 Å². The quantitative estimate of drug-likeness (QED) is 0.740. The second-order valence-corrected chi connectivity index (χ2v) is 5.24. The van der Waals surface area contributed by atoms with Gasteiger partial charge in [0.1, 0.15) is 5.75 Å². The Morgan fingerprint density at radius 1 is 1.10 bits per heavy atom. The number of benzene rings is 2. The van der Waals surface area contributed by atoms with Crippen molar-refractivity contribution in [3.05, 3.63) is 63.6 Å². The minimum atomic E-state index is 0.0162. The standard InChI is InChI=1S/C16H14Cl2O2/c1-20-13-6-2-11(3-7-13)4-9-16(19)14-8-5-12(17)10-15(14)18/h2-3,5-8,10H,4,9H2,1H3. The molecule has 0 bridgehead atoms. The number of carbonyl (C=O) groups is 1. The van der Waals surface area contributed by atoms with Gasteiger partial charge in [0.2, 0.25) is 0 Å². The Morgan fingerprint density at radius 2 is 1.80 bits per heavy atom. The van der Waals surface area contributed by atoms with Crippen LogP contribution in [-0.2, 0) is 6.42 Å². The number of aryl methyl sites for hydroxylation is 1. The highest BCUT2D eigenvalue weighted by Crippen LogP contribution is 2.23. The van der Waals surface area contributed by atoms with E-state index in [-0.39, 0.29) is 5.78 Å². The summed E-state index contributed by atoms with van der Waals surface area (Å²) in [5.41, 5.74) is 1.61. The van der Waals surface area contributed by atoms with Crippen molar-refractivity contribution in [2.24, 2.45) is 0 Å². The van der Waals surface area contributed by atoms with Crippen LogP contribution in [0.4, 0.5) is 0 Å². The molecule has 20 heavy (non-hydrogen) atoms. The summed E-state index contributed by atoms with van der Waals surface area (Å²) in [6.07, 6.45) is 1.08. The van der Waals surface area contributed by atoms with E-state index < -0.39 is 0 Å². The van der Waals surface area contributed by atoms with E-state index >= 15 is 0 Å². The van der Waals surface area contributed by atoms with E-state index in [1.54, 1.807) is 25.3 Å². The smallest absolute Gasteiger partial charge is 0.164 e. The van der Waals surface area contributed by atoms with Gasteiger partial charge < -0.3 is 4.74 Å². The van der Waals surface area contributed by atoms with Gasteiger partial charge in [0.15, 0.2) is 5.78 Å². The maximum absolute atomic E-state index is 12.1. The molecule has 2 aromatic carbocycles. The predicted octanol–water partition coefficient (Wildman–Crippen LogP) is 4.82. The van der Waals surface area contributed by atoms with Gasteiger partial charge in [0.25, 0.3) is 0 Å². The van der Waals surface area contributed by atoms with Crippen molar-refractivity contribution in [1.29, 1.82) is 0 Å². The molecule has 0 amide bonds. The van der Waals surface area contributed by atoms with Gasteiger partial charge in [0, 0.05) is 17.0 Å². The fourth-order valence-corrected chi connectivity index (χ4v) is 2.41. The molecule has 0 atom stereocenters. The highest BCUT2D eigenvalue weighted by Gasteiger charge is 2.10. The highest BCUT2D eigenvalue weighted by molar-refractivity contribution is 6.36. The molecule has 0 aliphatic heterocycles. The molecule has 0 saturated carbocycles. The molecule has 0 fully saturated rings. The van der Waals surface area contributed by atoms with Gasteiger partial charge in [-0.05, 0) is 42.3 Å². The third kappa shape index (κ3) is 3.75. The topological polar surface area (TPSA) is 26.3 Å². The Bertz CT molecular complexity index is 606. The van der Waals surface area contributed by atoms with E-state index in [0.29, 0.717) is 28.5 Å². The zero-order chi connectivity index (χ0) is 14.5. The van der Waals surface area contributed by atoms with Crippen LogP contribution >= 0.6 is 23.2 Å². The maximum atomic E-state index is 12.1. The van der Waals surface area contributed by atoms with Crippen LogP contribution < -0.4 is 4.74 Å². The zero-order valence-electron chi connectivity index (χ0n) is 11.0. The Kier molecular flexibility index (Phi) is 5.05. The molecule has 0 aliphatic carbocycles. The van der Waals surface area contributed by atoms with Crippen LogP contribution in [0.2, 0.25) is 10.0 Å². The molecule has 2 nitrogen and oxygen atoms in total. The molecule has 0 spiro atoms. The molecular weight excluding hydrogens is 295 g/mol. The van der Waals surface area contributed by atoms with Crippen molar-refractivity contribution in [2.75, 3.05) is 7.11 Å². The Morgan fingerprint density at radius 3 is 2.40 bits per heavy atom. The van der Waals surface area contributed by atoms with Gasteiger partial charge in [-0.15, -0.1) is 0 Å². The van der Waals surface area contributed by atoms with Crippen LogP contribution in [-0.4, -0.2) is 12.9 Å². The molecule has 0 unspecified atom stereocenters. The molecule has 0 N–H and O–H groups in total. The number of hydrogen-bond acceptors (Lipinski definition) is 2. The number of hydrogen-bond donors (Lipinski definition) is 0. The average molecular weight is 309 g/mol. The first-order valence-electron chi connectivity index (χ1n) is 6.21. The molecular formula is C16H14Cl2O2. The van der Waals surface area contributed by atoms with Crippen LogP contribution in [0.5, 0.6) is 5.75 Å². The molecule has 0 radical (unpaired) electrons. The van der Waals surface area contributed by atoms with E-state index in [1.165, 1.54) is 0 Å². The van der Waals surface area contributed by atoms with E-state index in [9.17, 15) is 4.79 Å². The molecule has 2 aromatic rings. The molecule has 4 heteroatoms. The number of methoxy groups -OCH3 is 1. The summed E-state index contributed by atoms with van der Waals surface area (Å²) >= 11 is 11.8. The summed E-state index contributed by atoms with van der Waals surface area (Å²) < 4.78 is 5.09. The lowest BCUT2D eigenvalue weighted by molar-refractivity contribution is 0.0983. The summed E-state index contributed by atoms with van der Waals surface area (Å²) in [5, 5.41) is 0.930. The van der Waals surface area contributed by atoms with Crippen molar-refractivity contribution in [3.63, 3.8) is 0 Å². The second kappa shape index (κ2) is 6.78. The largest absolute Gasteiger partial charge is 0.497 e. The minimum absolute atomic E-state index is 0.0162. The Hall–Kier alpha value is -1.51. The van der Waals surface area contributed by atoms with Gasteiger partial charge >= 0.3 is 0 Å². The van der Waals surface area contributed by atoms with Gasteiger partial charge in [0.05, 0.1) is 12.1 Å². The summed E-state index contributed by atoms with van der Waals surface area (Å²) in [6, 6.07) is 12.6. The second-order valence-electron chi connectivity index (χ2n) is 4.40. The molecule has 0 heterocycles. The zero-order valence-corrected chi connectivity index (χ0v) is 12.5. The van der Waals surface area contributed by atoms with Crippen LogP contribution in [0.3, 0.4) is 0 Å². The first-order chi connectivity index (χ1) is 9.60. The summed E-state index contributed by atoms with van der Waals surface area (Å²) in [7, 11) is 1.63.